The van der Waals surface area contributed by atoms with Crippen LogP contribution < -0.4 is 5.43 Å². The summed E-state index contributed by atoms with van der Waals surface area (Å²) in [7, 11) is 0. The maximum atomic E-state index is 11.2. The number of fused-ring (bicyclic) bond motifs is 1. The molecule has 0 aliphatic heterocycles. The molecule has 1 atom stereocenters. The second-order valence-corrected chi connectivity index (χ2v) is 5.37. The molecule has 1 aromatic heterocycles. The first-order valence-electron chi connectivity index (χ1n) is 7.17. The molecule has 1 aromatic carbocycles. The molecule has 0 aliphatic carbocycles. The first-order chi connectivity index (χ1) is 10.9. The number of rotatable bonds is 8. The highest BCUT2D eigenvalue weighted by Gasteiger charge is 2.16. The van der Waals surface area contributed by atoms with E-state index < -0.39 is 18.0 Å². The number of nitrogens with zero attached hydrogens (tertiary/aromatic N) is 1. The fraction of sp³-hybridized carbons (Fsp3) is 0.312. The van der Waals surface area contributed by atoms with Gasteiger partial charge in [0.1, 0.15) is 6.29 Å². The van der Waals surface area contributed by atoms with Crippen molar-refractivity contribution in [1.29, 1.82) is 0 Å². The second-order valence-electron chi connectivity index (χ2n) is 5.37. The topological polar surface area (TPSA) is 109 Å². The SMILES string of the molecule is Cc1cccc2c(CC(=O)O)cn(N[C@H](C=O)CCC(=O)O)c12. The minimum Gasteiger partial charge on any atom is -0.481 e. The van der Waals surface area contributed by atoms with E-state index in [0.29, 0.717) is 11.8 Å². The van der Waals surface area contributed by atoms with Crippen LogP contribution in [0.3, 0.4) is 0 Å². The minimum absolute atomic E-state index is 0.128. The van der Waals surface area contributed by atoms with Crippen LogP contribution in [0, 0.1) is 6.92 Å². The fourth-order valence-electron chi connectivity index (χ4n) is 2.55. The zero-order chi connectivity index (χ0) is 17.0. The second kappa shape index (κ2) is 6.95. The number of aliphatic carboxylic acids is 2. The molecule has 0 saturated carbocycles. The summed E-state index contributed by atoms with van der Waals surface area (Å²) in [5.74, 6) is -1.91. The summed E-state index contributed by atoms with van der Waals surface area (Å²) < 4.78 is 1.61. The predicted molar refractivity (Wildman–Crippen MR) is 84.1 cm³/mol. The number of benzene rings is 1. The monoisotopic (exact) mass is 318 g/mol. The molecule has 0 fully saturated rings. The summed E-state index contributed by atoms with van der Waals surface area (Å²) in [5, 5.41) is 18.5. The highest BCUT2D eigenvalue weighted by molar-refractivity contribution is 5.90. The van der Waals surface area contributed by atoms with Crippen molar-refractivity contribution in [3.63, 3.8) is 0 Å². The Morgan fingerprint density at radius 3 is 2.65 bits per heavy atom. The van der Waals surface area contributed by atoms with Crippen LogP contribution in [0.25, 0.3) is 10.9 Å². The number of aryl methyl sites for hydroxylation is 1. The molecule has 0 bridgehead atoms. The first kappa shape index (κ1) is 16.5. The minimum atomic E-state index is -0.973. The number of hydrogen-bond acceptors (Lipinski definition) is 4. The van der Waals surface area contributed by atoms with Gasteiger partial charge in [-0.05, 0) is 24.5 Å². The Morgan fingerprint density at radius 2 is 2.04 bits per heavy atom. The molecule has 7 nitrogen and oxygen atoms in total. The number of hydrogen-bond donors (Lipinski definition) is 3. The Labute approximate surface area is 132 Å². The van der Waals surface area contributed by atoms with Crippen LogP contribution in [-0.2, 0) is 20.8 Å². The van der Waals surface area contributed by atoms with Crippen molar-refractivity contribution in [3.05, 3.63) is 35.5 Å². The van der Waals surface area contributed by atoms with Crippen molar-refractivity contribution in [2.24, 2.45) is 0 Å². The number of aldehydes is 1. The van der Waals surface area contributed by atoms with Gasteiger partial charge in [0.2, 0.25) is 0 Å². The van der Waals surface area contributed by atoms with E-state index in [9.17, 15) is 14.4 Å². The number of carbonyl (C=O) groups excluding carboxylic acids is 1. The maximum Gasteiger partial charge on any atom is 0.307 e. The fourth-order valence-corrected chi connectivity index (χ4v) is 2.55. The zero-order valence-electron chi connectivity index (χ0n) is 12.7. The largest absolute Gasteiger partial charge is 0.481 e. The van der Waals surface area contributed by atoms with Gasteiger partial charge < -0.3 is 20.4 Å². The van der Waals surface area contributed by atoms with Crippen molar-refractivity contribution >= 4 is 29.1 Å². The van der Waals surface area contributed by atoms with E-state index in [0.717, 1.165) is 16.5 Å². The van der Waals surface area contributed by atoms with Crippen LogP contribution in [-0.4, -0.2) is 39.2 Å². The Balaban J connectivity index is 2.37. The molecule has 2 rings (SSSR count). The van der Waals surface area contributed by atoms with E-state index in [1.165, 1.54) is 0 Å². The van der Waals surface area contributed by atoms with Crippen LogP contribution in [0.15, 0.2) is 24.4 Å². The van der Waals surface area contributed by atoms with Crippen LogP contribution in [0.4, 0.5) is 0 Å². The molecule has 0 spiro atoms. The number of carboxylic acids is 2. The third-order valence-electron chi connectivity index (χ3n) is 3.59. The molecule has 122 valence electrons. The van der Waals surface area contributed by atoms with Crippen LogP contribution in [0.2, 0.25) is 0 Å². The summed E-state index contributed by atoms with van der Waals surface area (Å²) in [4.78, 5) is 32.8. The van der Waals surface area contributed by atoms with Gasteiger partial charge in [-0.3, -0.25) is 14.3 Å². The smallest absolute Gasteiger partial charge is 0.307 e. The maximum absolute atomic E-state index is 11.2. The zero-order valence-corrected chi connectivity index (χ0v) is 12.7. The molecule has 2 aromatic rings. The molecular weight excluding hydrogens is 300 g/mol. The summed E-state index contributed by atoms with van der Waals surface area (Å²) in [6, 6.07) is 4.89. The number of aromatic nitrogens is 1. The first-order valence-corrected chi connectivity index (χ1v) is 7.17. The third kappa shape index (κ3) is 3.88. The van der Waals surface area contributed by atoms with E-state index >= 15 is 0 Å². The van der Waals surface area contributed by atoms with Crippen molar-refractivity contribution in [3.8, 4) is 0 Å². The van der Waals surface area contributed by atoms with Crippen molar-refractivity contribution in [2.45, 2.75) is 32.2 Å². The van der Waals surface area contributed by atoms with Crippen LogP contribution in [0.5, 0.6) is 0 Å². The lowest BCUT2D eigenvalue weighted by Gasteiger charge is -2.16. The summed E-state index contributed by atoms with van der Waals surface area (Å²) in [5.41, 5.74) is 5.29. The highest BCUT2D eigenvalue weighted by atomic mass is 16.4. The van der Waals surface area contributed by atoms with Gasteiger partial charge in [-0.25, -0.2) is 0 Å². The van der Waals surface area contributed by atoms with Gasteiger partial charge in [0.05, 0.1) is 18.0 Å². The van der Waals surface area contributed by atoms with E-state index in [1.54, 1.807) is 10.9 Å². The Hall–Kier alpha value is -2.83. The van der Waals surface area contributed by atoms with E-state index in [2.05, 4.69) is 5.43 Å². The standard InChI is InChI=1S/C16H18N2O5/c1-10-3-2-4-13-11(7-15(22)23)8-18(16(10)13)17-12(9-19)5-6-14(20)21/h2-4,8-9,12,17H,5-7H2,1H3,(H,20,21)(H,22,23)/t12-/m0/s1. The molecule has 1 heterocycles. The summed E-state index contributed by atoms with van der Waals surface area (Å²) in [6.45, 7) is 1.89. The quantitative estimate of drug-likeness (QED) is 0.637. The molecule has 0 unspecified atom stereocenters. The molecule has 0 aliphatic rings. The molecular formula is C16H18N2O5. The Bertz CT molecular complexity index is 750. The predicted octanol–water partition coefficient (Wildman–Crippen LogP) is 1.55. The third-order valence-corrected chi connectivity index (χ3v) is 3.59. The van der Waals surface area contributed by atoms with E-state index in [4.69, 9.17) is 10.2 Å². The average molecular weight is 318 g/mol. The summed E-state index contributed by atoms with van der Waals surface area (Å²) >= 11 is 0. The van der Waals surface area contributed by atoms with Crippen LogP contribution >= 0.6 is 0 Å². The van der Waals surface area contributed by atoms with Crippen molar-refractivity contribution in [2.75, 3.05) is 5.43 Å². The molecule has 0 amide bonds. The van der Waals surface area contributed by atoms with Gasteiger partial charge in [0.25, 0.3) is 0 Å². The van der Waals surface area contributed by atoms with E-state index in [-0.39, 0.29) is 19.3 Å². The van der Waals surface area contributed by atoms with Gasteiger partial charge >= 0.3 is 11.9 Å². The number of carbonyl (C=O) groups is 3. The Morgan fingerprint density at radius 1 is 1.30 bits per heavy atom. The van der Waals surface area contributed by atoms with Gasteiger partial charge in [-0.1, -0.05) is 18.2 Å². The highest BCUT2D eigenvalue weighted by Crippen LogP contribution is 2.24. The van der Waals surface area contributed by atoms with Gasteiger partial charge in [0, 0.05) is 18.0 Å². The average Bonchev–Trinajstić information content (AvgIpc) is 2.81. The number of para-hydroxylation sites is 1. The molecule has 23 heavy (non-hydrogen) atoms. The lowest BCUT2D eigenvalue weighted by Crippen LogP contribution is -2.29. The van der Waals surface area contributed by atoms with Gasteiger partial charge in [-0.2, -0.15) is 0 Å². The summed E-state index contributed by atoms with van der Waals surface area (Å²) in [6.07, 6.45) is 2.19. The lowest BCUT2D eigenvalue weighted by atomic mass is 10.1. The lowest BCUT2D eigenvalue weighted by molar-refractivity contribution is -0.137. The molecule has 0 saturated heterocycles. The van der Waals surface area contributed by atoms with E-state index in [1.807, 2.05) is 25.1 Å². The molecule has 7 heteroatoms. The van der Waals surface area contributed by atoms with Gasteiger partial charge in [0.15, 0.2) is 0 Å². The molecule has 3 N–H and O–H groups in total. The van der Waals surface area contributed by atoms with Gasteiger partial charge in [-0.15, -0.1) is 0 Å². The molecule has 0 radical (unpaired) electrons. The number of nitrogens with one attached hydrogen (secondary N) is 1. The van der Waals surface area contributed by atoms with Crippen molar-refractivity contribution in [1.82, 2.24) is 4.68 Å². The number of carboxylic acid groups (broad SMARTS) is 2. The normalized spacial score (nSPS) is 12.0. The van der Waals surface area contributed by atoms with Crippen LogP contribution in [0.1, 0.15) is 24.0 Å². The Kier molecular flexibility index (Phi) is 5.00. The van der Waals surface area contributed by atoms with Crippen molar-refractivity contribution < 1.29 is 24.6 Å².